The summed E-state index contributed by atoms with van der Waals surface area (Å²) in [7, 11) is 0. The number of imidazole rings is 1. The van der Waals surface area contributed by atoms with Gasteiger partial charge in [-0.05, 0) is 6.07 Å². The number of aromatic nitrogens is 2. The minimum absolute atomic E-state index is 0.0837. The maximum atomic E-state index is 13.1. The number of hydrogen-bond donors (Lipinski definition) is 2. The molecule has 7 nitrogen and oxygen atoms in total. The first-order chi connectivity index (χ1) is 9.75. The van der Waals surface area contributed by atoms with E-state index in [0.717, 1.165) is 10.8 Å². The lowest BCUT2D eigenvalue weighted by Crippen LogP contribution is -2.14. The van der Waals surface area contributed by atoms with Crippen molar-refractivity contribution in [2.75, 3.05) is 5.73 Å². The van der Waals surface area contributed by atoms with E-state index in [0.29, 0.717) is 12.1 Å². The second-order valence-corrected chi connectivity index (χ2v) is 4.05. The molecule has 1 aromatic carbocycles. The van der Waals surface area contributed by atoms with Crippen molar-refractivity contribution >= 4 is 11.4 Å². The summed E-state index contributed by atoms with van der Waals surface area (Å²) in [4.78, 5) is 13.6. The molecule has 0 amide bonds. The van der Waals surface area contributed by atoms with Crippen molar-refractivity contribution in [3.05, 3.63) is 46.0 Å². The number of anilines is 1. The van der Waals surface area contributed by atoms with E-state index in [1.54, 1.807) is 0 Å². The molecule has 0 radical (unpaired) electrons. The standard InChI is InChI=1S/C11H9F3N4O3/c12-11(13,14)6-3-7(15)9(18(20)21)4-8(6)17-2-1-16-10(17)5-19/h1-4,19H,5,15H2. The van der Waals surface area contributed by atoms with Crippen LogP contribution in [0.25, 0.3) is 5.69 Å². The Kier molecular flexibility index (Phi) is 3.56. The largest absolute Gasteiger partial charge is 0.418 e. The fourth-order valence-electron chi connectivity index (χ4n) is 1.85. The predicted molar refractivity (Wildman–Crippen MR) is 65.6 cm³/mol. The molecule has 0 fully saturated rings. The summed E-state index contributed by atoms with van der Waals surface area (Å²) >= 11 is 0. The van der Waals surface area contributed by atoms with Crippen LogP contribution in [0, 0.1) is 10.1 Å². The van der Waals surface area contributed by atoms with Crippen LogP contribution in [0.1, 0.15) is 11.4 Å². The van der Waals surface area contributed by atoms with Crippen molar-refractivity contribution in [1.82, 2.24) is 9.55 Å². The first-order valence-corrected chi connectivity index (χ1v) is 5.54. The van der Waals surface area contributed by atoms with Crippen LogP contribution in [0.15, 0.2) is 24.5 Å². The number of benzene rings is 1. The lowest BCUT2D eigenvalue weighted by molar-refractivity contribution is -0.383. The van der Waals surface area contributed by atoms with Gasteiger partial charge in [-0.15, -0.1) is 0 Å². The second kappa shape index (κ2) is 5.05. The van der Waals surface area contributed by atoms with Gasteiger partial charge in [0.25, 0.3) is 5.69 Å². The zero-order valence-electron chi connectivity index (χ0n) is 10.3. The summed E-state index contributed by atoms with van der Waals surface area (Å²) in [6.45, 7) is -0.623. The van der Waals surface area contributed by atoms with Crippen LogP contribution in [-0.4, -0.2) is 19.6 Å². The highest BCUT2D eigenvalue weighted by Gasteiger charge is 2.36. The number of aliphatic hydroxyl groups excluding tert-OH is 1. The quantitative estimate of drug-likeness (QED) is 0.511. The van der Waals surface area contributed by atoms with E-state index in [2.05, 4.69) is 4.98 Å². The third-order valence-electron chi connectivity index (χ3n) is 2.77. The molecule has 10 heteroatoms. The first kappa shape index (κ1) is 14.8. The Morgan fingerprint density at radius 1 is 1.43 bits per heavy atom. The smallest absolute Gasteiger partial charge is 0.393 e. The number of nitrogen functional groups attached to an aromatic ring is 1. The molecule has 0 aliphatic carbocycles. The molecule has 0 aliphatic rings. The number of hydrogen-bond acceptors (Lipinski definition) is 5. The number of aliphatic hydroxyl groups is 1. The number of nitrogens with two attached hydrogens (primary N) is 1. The molecule has 21 heavy (non-hydrogen) atoms. The van der Waals surface area contributed by atoms with Crippen molar-refractivity contribution in [3.8, 4) is 5.69 Å². The molecule has 2 aromatic rings. The van der Waals surface area contributed by atoms with E-state index >= 15 is 0 Å². The van der Waals surface area contributed by atoms with Crippen LogP contribution in [0.2, 0.25) is 0 Å². The van der Waals surface area contributed by atoms with Crippen LogP contribution in [0.4, 0.5) is 24.5 Å². The summed E-state index contributed by atoms with van der Waals surface area (Å²) in [5, 5.41) is 19.9. The highest BCUT2D eigenvalue weighted by atomic mass is 19.4. The molecule has 2 rings (SSSR count). The lowest BCUT2D eigenvalue weighted by atomic mass is 10.1. The molecule has 0 atom stereocenters. The van der Waals surface area contributed by atoms with Crippen LogP contribution >= 0.6 is 0 Å². The van der Waals surface area contributed by atoms with Crippen molar-refractivity contribution < 1.29 is 23.2 Å². The average molecular weight is 302 g/mol. The van der Waals surface area contributed by atoms with Gasteiger partial charge in [0, 0.05) is 18.5 Å². The zero-order chi connectivity index (χ0) is 15.8. The lowest BCUT2D eigenvalue weighted by Gasteiger charge is -2.15. The van der Waals surface area contributed by atoms with Crippen LogP contribution in [0.3, 0.4) is 0 Å². The highest BCUT2D eigenvalue weighted by Crippen LogP contribution is 2.38. The van der Waals surface area contributed by atoms with E-state index in [4.69, 9.17) is 10.8 Å². The van der Waals surface area contributed by atoms with Gasteiger partial charge in [-0.3, -0.25) is 10.1 Å². The maximum absolute atomic E-state index is 13.1. The van der Waals surface area contributed by atoms with E-state index in [9.17, 15) is 23.3 Å². The molecular formula is C11H9F3N4O3. The monoisotopic (exact) mass is 302 g/mol. The van der Waals surface area contributed by atoms with E-state index in [-0.39, 0.29) is 5.82 Å². The fourth-order valence-corrected chi connectivity index (χ4v) is 1.85. The van der Waals surface area contributed by atoms with Crippen LogP contribution in [0.5, 0.6) is 0 Å². The number of nitro benzene ring substituents is 1. The minimum atomic E-state index is -4.77. The van der Waals surface area contributed by atoms with Crippen molar-refractivity contribution in [3.63, 3.8) is 0 Å². The molecule has 112 valence electrons. The first-order valence-electron chi connectivity index (χ1n) is 5.54. The van der Waals surface area contributed by atoms with Gasteiger partial charge >= 0.3 is 6.18 Å². The molecule has 0 spiro atoms. The Bertz CT molecular complexity index is 697. The normalized spacial score (nSPS) is 11.6. The van der Waals surface area contributed by atoms with Crippen molar-refractivity contribution in [2.45, 2.75) is 12.8 Å². The third kappa shape index (κ3) is 2.65. The Hall–Kier alpha value is -2.62. The van der Waals surface area contributed by atoms with Crippen molar-refractivity contribution in [1.29, 1.82) is 0 Å². The van der Waals surface area contributed by atoms with Gasteiger partial charge in [0.2, 0.25) is 0 Å². The number of rotatable bonds is 3. The van der Waals surface area contributed by atoms with E-state index < -0.39 is 40.3 Å². The molecule has 0 unspecified atom stereocenters. The Morgan fingerprint density at radius 2 is 2.10 bits per heavy atom. The number of alkyl halides is 3. The summed E-state index contributed by atoms with van der Waals surface area (Å²) in [6, 6.07) is 1.20. The van der Waals surface area contributed by atoms with E-state index in [1.165, 1.54) is 6.20 Å². The predicted octanol–water partition coefficient (Wildman–Crippen LogP) is 1.87. The molecule has 0 bridgehead atoms. The third-order valence-corrected chi connectivity index (χ3v) is 2.77. The summed E-state index contributed by atoms with van der Waals surface area (Å²) < 4.78 is 40.1. The summed E-state index contributed by atoms with van der Waals surface area (Å²) in [5.41, 5.74) is 2.37. The van der Waals surface area contributed by atoms with Gasteiger partial charge in [0.15, 0.2) is 0 Å². The molecule has 0 saturated heterocycles. The highest BCUT2D eigenvalue weighted by molar-refractivity contribution is 5.66. The van der Waals surface area contributed by atoms with Crippen LogP contribution < -0.4 is 5.73 Å². The fraction of sp³-hybridized carbons (Fsp3) is 0.182. The van der Waals surface area contributed by atoms with Gasteiger partial charge < -0.3 is 15.4 Å². The SMILES string of the molecule is Nc1cc(C(F)(F)F)c(-n2ccnc2CO)cc1[N+](=O)[O-]. The Labute approximate surface area is 115 Å². The molecule has 1 heterocycles. The Morgan fingerprint density at radius 3 is 2.62 bits per heavy atom. The molecule has 0 aliphatic heterocycles. The number of nitro groups is 1. The van der Waals surface area contributed by atoms with Crippen molar-refractivity contribution in [2.24, 2.45) is 0 Å². The average Bonchev–Trinajstić information content (AvgIpc) is 2.85. The minimum Gasteiger partial charge on any atom is -0.393 e. The van der Waals surface area contributed by atoms with Gasteiger partial charge in [0.1, 0.15) is 18.1 Å². The van der Waals surface area contributed by atoms with Gasteiger partial charge in [0.05, 0.1) is 16.2 Å². The topological polar surface area (TPSA) is 107 Å². The molecule has 0 saturated carbocycles. The van der Waals surface area contributed by atoms with Gasteiger partial charge in [-0.25, -0.2) is 4.98 Å². The van der Waals surface area contributed by atoms with E-state index in [1.807, 2.05) is 0 Å². The second-order valence-electron chi connectivity index (χ2n) is 4.05. The van der Waals surface area contributed by atoms with Gasteiger partial charge in [-0.2, -0.15) is 13.2 Å². The zero-order valence-corrected chi connectivity index (χ0v) is 10.3. The summed E-state index contributed by atoms with van der Waals surface area (Å²) in [5.74, 6) is -0.0837. The molecular weight excluding hydrogens is 293 g/mol. The number of halogens is 3. The van der Waals surface area contributed by atoms with Gasteiger partial charge in [-0.1, -0.05) is 0 Å². The molecule has 3 N–H and O–H groups in total. The number of nitrogens with zero attached hydrogens (tertiary/aromatic N) is 3. The molecule has 1 aromatic heterocycles. The van der Waals surface area contributed by atoms with Crippen LogP contribution in [-0.2, 0) is 12.8 Å². The Balaban J connectivity index is 2.78. The summed E-state index contributed by atoms with van der Waals surface area (Å²) in [6.07, 6.45) is -2.43. The maximum Gasteiger partial charge on any atom is 0.418 e.